The van der Waals surface area contributed by atoms with Gasteiger partial charge in [-0.15, -0.1) is 0 Å². The van der Waals surface area contributed by atoms with Crippen LogP contribution in [0.3, 0.4) is 0 Å². The quantitative estimate of drug-likeness (QED) is 0.675. The van der Waals surface area contributed by atoms with Gasteiger partial charge in [0.2, 0.25) is 0 Å². The fourth-order valence-corrected chi connectivity index (χ4v) is 1.06. The normalized spacial score (nSPS) is 12.5. The number of benzene rings is 1. The Hall–Kier alpha value is -1.09. The van der Waals surface area contributed by atoms with Crippen LogP contribution in [0.4, 0.5) is 4.39 Å². The molecule has 1 aromatic carbocycles. The zero-order valence-corrected chi connectivity index (χ0v) is 9.20. The molecule has 1 aromatic rings. The summed E-state index contributed by atoms with van der Waals surface area (Å²) < 4.78 is 23.3. The van der Waals surface area contributed by atoms with Crippen LogP contribution in [-0.4, -0.2) is 19.3 Å². The van der Waals surface area contributed by atoms with Gasteiger partial charge in [-0.3, -0.25) is 0 Å². The van der Waals surface area contributed by atoms with E-state index in [9.17, 15) is 4.39 Å². The van der Waals surface area contributed by atoms with Crippen LogP contribution in [0.15, 0.2) is 24.3 Å². The van der Waals surface area contributed by atoms with Gasteiger partial charge in [0.05, 0.1) is 12.7 Å². The van der Waals surface area contributed by atoms with Crippen LogP contribution in [0.5, 0.6) is 5.75 Å². The van der Waals surface area contributed by atoms with Crippen molar-refractivity contribution in [2.75, 3.05) is 13.2 Å². The maximum atomic E-state index is 12.5. The van der Waals surface area contributed by atoms with Crippen LogP contribution in [0.1, 0.15) is 20.3 Å². The standard InChI is InChI=1S/C12H17FO2/c1-3-10(2)14-8-9-15-12-6-4-11(13)5-7-12/h4-7,10H,3,8-9H2,1-2H3. The molecule has 0 aliphatic carbocycles. The lowest BCUT2D eigenvalue weighted by atomic mass is 10.3. The largest absolute Gasteiger partial charge is 0.491 e. The highest BCUT2D eigenvalue weighted by molar-refractivity contribution is 5.21. The number of hydrogen-bond donors (Lipinski definition) is 0. The molecule has 0 bridgehead atoms. The summed E-state index contributed by atoms with van der Waals surface area (Å²) in [5.74, 6) is 0.419. The van der Waals surface area contributed by atoms with Crippen molar-refractivity contribution in [3.63, 3.8) is 0 Å². The Kier molecular flexibility index (Phi) is 5.12. The van der Waals surface area contributed by atoms with E-state index < -0.39 is 0 Å². The molecule has 3 heteroatoms. The Morgan fingerprint density at radius 3 is 2.47 bits per heavy atom. The molecule has 1 rings (SSSR count). The summed E-state index contributed by atoms with van der Waals surface area (Å²) >= 11 is 0. The molecule has 0 aromatic heterocycles. The van der Waals surface area contributed by atoms with E-state index in [1.807, 2.05) is 6.92 Å². The Bertz CT molecular complexity index is 271. The summed E-state index contributed by atoms with van der Waals surface area (Å²) in [6, 6.07) is 5.98. The smallest absolute Gasteiger partial charge is 0.123 e. The third-order valence-electron chi connectivity index (χ3n) is 2.14. The topological polar surface area (TPSA) is 18.5 Å². The Labute approximate surface area is 90.0 Å². The molecule has 1 unspecified atom stereocenters. The summed E-state index contributed by atoms with van der Waals surface area (Å²) in [4.78, 5) is 0. The van der Waals surface area contributed by atoms with Crippen LogP contribution >= 0.6 is 0 Å². The van der Waals surface area contributed by atoms with Gasteiger partial charge in [-0.1, -0.05) is 6.92 Å². The molecule has 0 N–H and O–H groups in total. The van der Waals surface area contributed by atoms with Gasteiger partial charge in [-0.05, 0) is 37.6 Å². The highest BCUT2D eigenvalue weighted by atomic mass is 19.1. The van der Waals surface area contributed by atoms with Gasteiger partial charge >= 0.3 is 0 Å². The lowest BCUT2D eigenvalue weighted by Crippen LogP contribution is -2.13. The van der Waals surface area contributed by atoms with Gasteiger partial charge in [0.15, 0.2) is 0 Å². The SMILES string of the molecule is CCC(C)OCCOc1ccc(F)cc1. The monoisotopic (exact) mass is 212 g/mol. The minimum Gasteiger partial charge on any atom is -0.491 e. The van der Waals surface area contributed by atoms with Gasteiger partial charge < -0.3 is 9.47 Å². The molecule has 15 heavy (non-hydrogen) atoms. The van der Waals surface area contributed by atoms with Crippen LogP contribution < -0.4 is 4.74 Å². The van der Waals surface area contributed by atoms with E-state index in [2.05, 4.69) is 6.92 Å². The van der Waals surface area contributed by atoms with E-state index in [1.54, 1.807) is 12.1 Å². The first-order valence-corrected chi connectivity index (χ1v) is 5.22. The predicted molar refractivity (Wildman–Crippen MR) is 57.6 cm³/mol. The molecule has 0 saturated carbocycles. The zero-order valence-electron chi connectivity index (χ0n) is 9.20. The molecule has 0 amide bonds. The zero-order chi connectivity index (χ0) is 11.1. The van der Waals surface area contributed by atoms with Gasteiger partial charge in [0.1, 0.15) is 18.2 Å². The molecule has 0 heterocycles. The van der Waals surface area contributed by atoms with Crippen molar-refractivity contribution in [1.82, 2.24) is 0 Å². The van der Waals surface area contributed by atoms with Crippen LogP contribution in [-0.2, 0) is 4.74 Å². The first-order chi connectivity index (χ1) is 7.22. The fourth-order valence-electron chi connectivity index (χ4n) is 1.06. The van der Waals surface area contributed by atoms with Crippen LogP contribution in [0, 0.1) is 5.82 Å². The Morgan fingerprint density at radius 1 is 1.20 bits per heavy atom. The molecular formula is C12H17FO2. The molecular weight excluding hydrogens is 195 g/mol. The first kappa shape index (κ1) is 12.0. The fraction of sp³-hybridized carbons (Fsp3) is 0.500. The lowest BCUT2D eigenvalue weighted by Gasteiger charge is -2.11. The number of halogens is 1. The molecule has 1 atom stereocenters. The van der Waals surface area contributed by atoms with Gasteiger partial charge in [0.25, 0.3) is 0 Å². The predicted octanol–water partition coefficient (Wildman–Crippen LogP) is 3.02. The molecule has 2 nitrogen and oxygen atoms in total. The van der Waals surface area contributed by atoms with Crippen molar-refractivity contribution in [2.24, 2.45) is 0 Å². The van der Waals surface area contributed by atoms with Crippen LogP contribution in [0.2, 0.25) is 0 Å². The summed E-state index contributed by atoms with van der Waals surface area (Å²) in [6.45, 7) is 5.16. The summed E-state index contributed by atoms with van der Waals surface area (Å²) in [7, 11) is 0. The first-order valence-electron chi connectivity index (χ1n) is 5.22. The van der Waals surface area contributed by atoms with Crippen molar-refractivity contribution >= 4 is 0 Å². The minimum absolute atomic E-state index is 0.252. The average Bonchev–Trinajstić information content (AvgIpc) is 2.26. The van der Waals surface area contributed by atoms with E-state index in [4.69, 9.17) is 9.47 Å². The molecule has 0 fully saturated rings. The third kappa shape index (κ3) is 4.79. The number of hydrogen-bond acceptors (Lipinski definition) is 2. The Balaban J connectivity index is 2.17. The van der Waals surface area contributed by atoms with E-state index in [0.717, 1.165) is 6.42 Å². The number of ether oxygens (including phenoxy) is 2. The molecule has 84 valence electrons. The summed E-state index contributed by atoms with van der Waals surface area (Å²) in [5, 5.41) is 0. The third-order valence-corrected chi connectivity index (χ3v) is 2.14. The highest BCUT2D eigenvalue weighted by Crippen LogP contribution is 2.10. The second-order valence-corrected chi connectivity index (χ2v) is 3.39. The molecule has 0 aliphatic heterocycles. The lowest BCUT2D eigenvalue weighted by molar-refractivity contribution is 0.0426. The second kappa shape index (κ2) is 6.40. The van der Waals surface area contributed by atoms with E-state index in [0.29, 0.717) is 19.0 Å². The van der Waals surface area contributed by atoms with Crippen molar-refractivity contribution in [3.05, 3.63) is 30.1 Å². The van der Waals surface area contributed by atoms with E-state index >= 15 is 0 Å². The van der Waals surface area contributed by atoms with Crippen molar-refractivity contribution in [1.29, 1.82) is 0 Å². The molecule has 0 radical (unpaired) electrons. The summed E-state index contributed by atoms with van der Waals surface area (Å²) in [6.07, 6.45) is 1.26. The maximum absolute atomic E-state index is 12.5. The minimum atomic E-state index is -0.252. The van der Waals surface area contributed by atoms with Crippen molar-refractivity contribution < 1.29 is 13.9 Å². The van der Waals surface area contributed by atoms with Gasteiger partial charge in [-0.25, -0.2) is 4.39 Å². The van der Waals surface area contributed by atoms with E-state index in [-0.39, 0.29) is 11.9 Å². The molecule has 0 saturated heterocycles. The maximum Gasteiger partial charge on any atom is 0.123 e. The van der Waals surface area contributed by atoms with Crippen molar-refractivity contribution in [3.8, 4) is 5.75 Å². The Morgan fingerprint density at radius 2 is 1.87 bits per heavy atom. The van der Waals surface area contributed by atoms with Crippen molar-refractivity contribution in [2.45, 2.75) is 26.4 Å². The van der Waals surface area contributed by atoms with Gasteiger partial charge in [-0.2, -0.15) is 0 Å². The average molecular weight is 212 g/mol. The number of rotatable bonds is 6. The van der Waals surface area contributed by atoms with Crippen LogP contribution in [0.25, 0.3) is 0 Å². The second-order valence-electron chi connectivity index (χ2n) is 3.39. The highest BCUT2D eigenvalue weighted by Gasteiger charge is 1.98. The summed E-state index contributed by atoms with van der Waals surface area (Å²) in [5.41, 5.74) is 0. The molecule has 0 spiro atoms. The van der Waals surface area contributed by atoms with E-state index in [1.165, 1.54) is 12.1 Å². The van der Waals surface area contributed by atoms with Gasteiger partial charge in [0, 0.05) is 0 Å². The molecule has 0 aliphatic rings.